The standard InChI is InChI=1S/C22H36N4O6Si.C16H25N4O7P.C15H23N4O7P.C6H12F3O6PS.5CH4/c1-21(2,3)32-20(30)26-13(10-31-33(7,8)22(4,5)6)17(27)18(28)16(26)12-9-23-15-14(12)24-11-25-19(15)29;1-3-26-28(24,27-4-2)8-25-15-10(6-21)20-12(14(15)22)9-5-17-13-11(9)18-7-19-16(13)23;1-3-25-27(23,26-4-2)7-24-13-10(19-15(22)12(13)20)8-5-16-11-9(8)17-6-18-14(11)21;1-3-13-16(10,14-4-2)5-15-17(11,12)6(7,8)9;;;;;/h9,11,13,16-18,23,27-28H,10H2,1-8H3,(H,24,25,29);5,7,10,12,14-15,17,20-22H,3-4,6,8H2,1-2H3,(H,18,19,23);5-6,10,12-13,15-16,19-20,22H,3-4,7H2,1-2H3,(H,17,18,21);3-5H2,1-2H3;5*1H4/t13-,16+,17-,18+;10-,12+,14+,15-;10-,12-,13-,15+;;;;;;/m110....../s1. The number of halogens is 3. The molecule has 38 nitrogen and oxygen atoms in total. The number of hydrogen-bond donors (Lipinski definition) is 14. The van der Waals surface area contributed by atoms with Crippen molar-refractivity contribution in [1.82, 2.24) is 60.4 Å². The number of aromatic amines is 6. The summed E-state index contributed by atoms with van der Waals surface area (Å²) in [7, 11) is -19.0. The molecule has 0 aliphatic carbocycles. The fraction of sp³-hybridized carbons (Fsp3) is 0.703. The first-order chi connectivity index (χ1) is 49.0. The zero-order valence-electron chi connectivity index (χ0n) is 60.2. The highest BCUT2D eigenvalue weighted by Crippen LogP contribution is 2.52. The third kappa shape index (κ3) is 25.0. The SMILES string of the molecule is C.C.C.C.C.CC(C)(C)OC(=O)N1[C@H](CO[Si](C)(C)C(C)(C)C)[C@@H](O)[C@@H](O)[C@@H]1c1c[nH]c2c(=O)[nH]cnc12.CCOP(=O)(COS(=O)(=O)C(F)(F)F)OCC.CCOP(=O)(CO[C@@H]1[C@H](O)[C@@H](O)N[C@H]1c1c[nH]c2c(=O)[nH]cnc12)OCC.CCOP(=O)(CO[C@H]1[C@@H](O)[C@H](c2c[nH]c3c(=O)[nH]cnc23)N[C@@H]1CO)OCC. The number of likely N-dealkylation sites (tertiary alicyclic amines) is 1. The second-order valence-corrected chi connectivity index (χ2v) is 38.5. The average Bonchev–Trinajstić information content (AvgIpc) is 1.61. The summed E-state index contributed by atoms with van der Waals surface area (Å²) < 4.78 is 150. The molecule has 6 aromatic rings. The molecule has 1 amide bonds. The molecular weight excluding hydrogens is 1560 g/mol. The van der Waals surface area contributed by atoms with Gasteiger partial charge in [-0.15, -0.1) is 0 Å². The molecule has 0 spiro atoms. The van der Waals surface area contributed by atoms with Gasteiger partial charge in [-0.1, -0.05) is 57.9 Å². The van der Waals surface area contributed by atoms with E-state index in [-0.39, 0.29) is 135 Å². The van der Waals surface area contributed by atoms with Gasteiger partial charge < -0.3 is 112 Å². The predicted molar refractivity (Wildman–Crippen MR) is 407 cm³/mol. The Hall–Kier alpha value is -5.54. The zero-order valence-corrected chi connectivity index (χ0v) is 64.7. The number of hydrogen-bond acceptors (Lipinski definition) is 31. The number of carbonyl (C=O) groups is 1. The molecular formula is C64H116F3N12O26P3SSi. The Bertz CT molecular complexity index is 4260. The van der Waals surface area contributed by atoms with Gasteiger partial charge in [0.05, 0.1) is 102 Å². The van der Waals surface area contributed by atoms with Crippen molar-refractivity contribution in [2.24, 2.45) is 0 Å². The minimum Gasteiger partial charge on any atom is -0.444 e. The van der Waals surface area contributed by atoms with Gasteiger partial charge in [0.15, 0.2) is 14.7 Å². The number of aliphatic hydroxyl groups excluding tert-OH is 6. The van der Waals surface area contributed by atoms with Gasteiger partial charge in [0, 0.05) is 35.3 Å². The topological polar surface area (TPSA) is 537 Å². The van der Waals surface area contributed by atoms with Gasteiger partial charge in [-0.3, -0.25) is 42.5 Å². The Labute approximate surface area is 638 Å². The van der Waals surface area contributed by atoms with Gasteiger partial charge in [0.2, 0.25) is 0 Å². The highest BCUT2D eigenvalue weighted by Gasteiger charge is 2.55. The molecule has 110 heavy (non-hydrogen) atoms. The molecule has 0 radical (unpaired) electrons. The number of alkyl halides is 3. The highest BCUT2D eigenvalue weighted by atomic mass is 32.2. The molecule has 9 heterocycles. The molecule has 6 aromatic heterocycles. The second kappa shape index (κ2) is 42.7. The highest BCUT2D eigenvalue weighted by molar-refractivity contribution is 7.87. The van der Waals surface area contributed by atoms with Crippen LogP contribution in [-0.4, -0.2) is 241 Å². The molecule has 3 saturated heterocycles. The van der Waals surface area contributed by atoms with Gasteiger partial charge in [0.25, 0.3) is 16.7 Å². The fourth-order valence-corrected chi connectivity index (χ4v) is 16.9. The average molecular weight is 1680 g/mol. The molecule has 634 valence electrons. The van der Waals surface area contributed by atoms with Crippen LogP contribution in [-0.2, 0) is 73.8 Å². The summed E-state index contributed by atoms with van der Waals surface area (Å²) in [5.41, 5.74) is -4.03. The Morgan fingerprint density at radius 1 is 0.555 bits per heavy atom. The smallest absolute Gasteiger partial charge is 0.444 e. The number of rotatable bonds is 28. The fourth-order valence-electron chi connectivity index (χ4n) is 10.9. The molecule has 0 bridgehead atoms. The van der Waals surface area contributed by atoms with Gasteiger partial charge in [-0.2, -0.15) is 21.6 Å². The summed E-state index contributed by atoms with van der Waals surface area (Å²) in [5.74, 6) is 0. The van der Waals surface area contributed by atoms with Gasteiger partial charge >= 0.3 is 44.5 Å². The maximum Gasteiger partial charge on any atom is 0.523 e. The zero-order chi connectivity index (χ0) is 78.6. The molecule has 3 aliphatic heterocycles. The predicted octanol–water partition coefficient (Wildman–Crippen LogP) is 8.32. The number of carbonyl (C=O) groups excluding carboxylic acids is 1. The Kier molecular flexibility index (Phi) is 39.8. The van der Waals surface area contributed by atoms with E-state index in [1.54, 1.807) is 60.9 Å². The van der Waals surface area contributed by atoms with Crippen molar-refractivity contribution in [3.05, 3.63) is 85.3 Å². The van der Waals surface area contributed by atoms with E-state index in [1.807, 2.05) is 0 Å². The molecule has 0 saturated carbocycles. The largest absolute Gasteiger partial charge is 0.523 e. The van der Waals surface area contributed by atoms with E-state index >= 15 is 0 Å². The Morgan fingerprint density at radius 2 is 0.936 bits per heavy atom. The van der Waals surface area contributed by atoms with Crippen LogP contribution in [0.3, 0.4) is 0 Å². The molecule has 3 fully saturated rings. The van der Waals surface area contributed by atoms with Crippen LogP contribution in [0.25, 0.3) is 33.1 Å². The maximum atomic E-state index is 13.3. The van der Waals surface area contributed by atoms with Crippen LogP contribution >= 0.6 is 22.8 Å². The molecule has 14 N–H and O–H groups in total. The van der Waals surface area contributed by atoms with Crippen LogP contribution in [0.4, 0.5) is 18.0 Å². The molecule has 3 aliphatic rings. The van der Waals surface area contributed by atoms with Crippen molar-refractivity contribution < 1.29 is 121 Å². The van der Waals surface area contributed by atoms with E-state index in [1.165, 1.54) is 43.9 Å². The lowest BCUT2D eigenvalue weighted by Crippen LogP contribution is -2.49. The summed E-state index contributed by atoms with van der Waals surface area (Å²) in [5, 5.41) is 68.7. The minimum atomic E-state index is -5.80. The van der Waals surface area contributed by atoms with Crippen molar-refractivity contribution >= 4 is 80.4 Å². The van der Waals surface area contributed by atoms with Crippen molar-refractivity contribution in [2.45, 2.75) is 223 Å². The third-order valence-electron chi connectivity index (χ3n) is 16.7. The van der Waals surface area contributed by atoms with E-state index < -0.39 is 144 Å². The first-order valence-electron chi connectivity index (χ1n) is 33.1. The van der Waals surface area contributed by atoms with Crippen molar-refractivity contribution in [3.63, 3.8) is 0 Å². The van der Waals surface area contributed by atoms with Crippen LogP contribution in [0.15, 0.2) is 52.0 Å². The Balaban J connectivity index is 0.000000738. The second-order valence-electron chi connectivity index (χ2n) is 26.1. The number of fused-ring (bicyclic) bond motifs is 3. The number of ether oxygens (including phenoxy) is 3. The van der Waals surface area contributed by atoms with E-state index in [0.717, 1.165) is 0 Å². The number of nitrogens with one attached hydrogen (secondary N) is 8. The van der Waals surface area contributed by atoms with E-state index in [4.69, 9.17) is 36.7 Å². The van der Waals surface area contributed by atoms with Crippen molar-refractivity contribution in [1.29, 1.82) is 0 Å². The normalized spacial score (nSPS) is 22.4. The van der Waals surface area contributed by atoms with Gasteiger partial charge in [-0.05, 0) is 80.4 Å². The molecule has 0 unspecified atom stereocenters. The maximum absolute atomic E-state index is 13.3. The number of nitrogens with zero attached hydrogens (tertiary/aromatic N) is 4. The van der Waals surface area contributed by atoms with Crippen LogP contribution < -0.4 is 27.3 Å². The summed E-state index contributed by atoms with van der Waals surface area (Å²) in [6.45, 7) is 25.5. The van der Waals surface area contributed by atoms with Gasteiger partial charge in [-0.25, -0.2) is 19.7 Å². The van der Waals surface area contributed by atoms with E-state index in [0.29, 0.717) is 33.2 Å². The quantitative estimate of drug-likeness (QED) is 0.00949. The van der Waals surface area contributed by atoms with Crippen LogP contribution in [0.1, 0.15) is 155 Å². The summed E-state index contributed by atoms with van der Waals surface area (Å²) in [6.07, 6.45) is -2.37. The van der Waals surface area contributed by atoms with E-state index in [9.17, 15) is 85.1 Å². The van der Waals surface area contributed by atoms with Crippen LogP contribution in [0.5, 0.6) is 0 Å². The lowest BCUT2D eigenvalue weighted by molar-refractivity contribution is -0.0534. The molecule has 0 aromatic carbocycles. The minimum absolute atomic E-state index is 0. The monoisotopic (exact) mass is 1680 g/mol. The van der Waals surface area contributed by atoms with Crippen molar-refractivity contribution in [2.75, 3.05) is 71.9 Å². The molecule has 12 atom stereocenters. The van der Waals surface area contributed by atoms with Gasteiger partial charge in [0.1, 0.15) is 94.2 Å². The first kappa shape index (κ1) is 102. The third-order valence-corrected chi connectivity index (χ3v) is 27.6. The molecule has 9 rings (SSSR count). The van der Waals surface area contributed by atoms with Crippen LogP contribution in [0, 0.1) is 0 Å². The van der Waals surface area contributed by atoms with E-state index in [2.05, 4.69) is 103 Å². The number of aliphatic hydroxyl groups is 6. The number of H-pyrrole nitrogens is 6. The first-order valence-corrected chi connectivity index (χ1v) is 42.6. The Morgan fingerprint density at radius 3 is 1.32 bits per heavy atom. The van der Waals surface area contributed by atoms with Crippen LogP contribution in [0.2, 0.25) is 18.1 Å². The molecule has 46 heteroatoms. The summed E-state index contributed by atoms with van der Waals surface area (Å²) in [4.78, 5) is 79.1. The summed E-state index contributed by atoms with van der Waals surface area (Å²) >= 11 is 0. The number of aromatic nitrogens is 9. The van der Waals surface area contributed by atoms with Crippen molar-refractivity contribution in [3.8, 4) is 0 Å². The lowest BCUT2D eigenvalue weighted by atomic mass is 10.0. The lowest BCUT2D eigenvalue weighted by Gasteiger charge is -2.39. The number of amides is 1. The summed E-state index contributed by atoms with van der Waals surface area (Å²) in [6, 6.07) is -3.80.